The number of nitrogens with one attached hydrogen (secondary N) is 1. The van der Waals surface area contributed by atoms with Gasteiger partial charge in [0.05, 0.1) is 19.1 Å². The van der Waals surface area contributed by atoms with Crippen LogP contribution >= 0.6 is 0 Å². The summed E-state index contributed by atoms with van der Waals surface area (Å²) in [6, 6.07) is 0.270. The molecule has 0 aromatic heterocycles. The highest BCUT2D eigenvalue weighted by atomic mass is 19.4. The van der Waals surface area contributed by atoms with Crippen LogP contribution in [0.1, 0.15) is 12.8 Å². The highest BCUT2D eigenvalue weighted by Crippen LogP contribution is 2.34. The molecule has 0 aliphatic carbocycles. The molecule has 2 aliphatic rings. The Morgan fingerprint density at radius 3 is 2.47 bits per heavy atom. The number of hydrogen-bond acceptors (Lipinski definition) is 3. The van der Waals surface area contributed by atoms with Crippen LogP contribution in [-0.4, -0.2) is 56.5 Å². The Morgan fingerprint density at radius 2 is 1.94 bits per heavy atom. The zero-order valence-electron chi connectivity index (χ0n) is 9.80. The van der Waals surface area contributed by atoms with E-state index in [4.69, 9.17) is 4.74 Å². The van der Waals surface area contributed by atoms with Crippen molar-refractivity contribution < 1.29 is 17.9 Å². The van der Waals surface area contributed by atoms with E-state index in [1.165, 1.54) is 0 Å². The van der Waals surface area contributed by atoms with Crippen LogP contribution in [0.2, 0.25) is 0 Å². The molecule has 0 bridgehead atoms. The molecule has 2 fully saturated rings. The van der Waals surface area contributed by atoms with Crippen LogP contribution in [0.25, 0.3) is 0 Å². The molecule has 2 aliphatic heterocycles. The van der Waals surface area contributed by atoms with Gasteiger partial charge in [-0.3, -0.25) is 0 Å². The maximum absolute atomic E-state index is 12.5. The summed E-state index contributed by atoms with van der Waals surface area (Å²) in [4.78, 5) is 2.11. The summed E-state index contributed by atoms with van der Waals surface area (Å²) < 4.78 is 42.8. The second kappa shape index (κ2) is 5.54. The number of rotatable bonds is 2. The van der Waals surface area contributed by atoms with Crippen LogP contribution in [0.15, 0.2) is 0 Å². The predicted molar refractivity (Wildman–Crippen MR) is 57.8 cm³/mol. The van der Waals surface area contributed by atoms with E-state index in [9.17, 15) is 13.2 Å². The maximum atomic E-state index is 12.5. The summed E-state index contributed by atoms with van der Waals surface area (Å²) in [5.41, 5.74) is 0. The molecule has 100 valence electrons. The van der Waals surface area contributed by atoms with Gasteiger partial charge in [-0.1, -0.05) is 0 Å². The number of ether oxygens (including phenoxy) is 1. The lowest BCUT2D eigenvalue weighted by Gasteiger charge is -2.36. The summed E-state index contributed by atoms with van der Waals surface area (Å²) in [5.74, 6) is -1.10. The van der Waals surface area contributed by atoms with E-state index in [0.29, 0.717) is 19.7 Å². The van der Waals surface area contributed by atoms with Gasteiger partial charge in [-0.2, -0.15) is 13.2 Å². The normalized spacial score (nSPS) is 29.5. The zero-order valence-corrected chi connectivity index (χ0v) is 9.80. The lowest BCUT2D eigenvalue weighted by atomic mass is 9.96. The minimum Gasteiger partial charge on any atom is -0.378 e. The molecule has 3 nitrogen and oxygen atoms in total. The molecule has 0 amide bonds. The number of morpholine rings is 1. The van der Waals surface area contributed by atoms with Crippen molar-refractivity contribution in [1.82, 2.24) is 10.2 Å². The van der Waals surface area contributed by atoms with Crippen LogP contribution in [0.4, 0.5) is 13.2 Å². The van der Waals surface area contributed by atoms with Gasteiger partial charge in [0.1, 0.15) is 0 Å². The summed E-state index contributed by atoms with van der Waals surface area (Å²) >= 11 is 0. The number of piperidine rings is 1. The first-order chi connectivity index (χ1) is 8.05. The van der Waals surface area contributed by atoms with E-state index in [-0.39, 0.29) is 18.9 Å². The standard InChI is InChI=1S/C11H19F3N2O/c12-11(13,14)9-1-4-16(5-2-9)7-10-8-17-6-3-15-10/h9-10,15H,1-8H2. The Bertz CT molecular complexity index is 233. The number of alkyl halides is 3. The number of nitrogens with zero attached hydrogens (tertiary/aromatic N) is 1. The first-order valence-corrected chi connectivity index (χ1v) is 6.16. The smallest absolute Gasteiger partial charge is 0.378 e. The molecule has 0 spiro atoms. The highest BCUT2D eigenvalue weighted by Gasteiger charge is 2.41. The quantitative estimate of drug-likeness (QED) is 0.800. The molecule has 0 saturated carbocycles. The van der Waals surface area contributed by atoms with Crippen LogP contribution in [0.5, 0.6) is 0 Å². The third kappa shape index (κ3) is 3.82. The van der Waals surface area contributed by atoms with Crippen LogP contribution in [-0.2, 0) is 4.74 Å². The van der Waals surface area contributed by atoms with E-state index in [1.54, 1.807) is 0 Å². The first-order valence-electron chi connectivity index (χ1n) is 6.16. The number of halogens is 3. The summed E-state index contributed by atoms with van der Waals surface area (Å²) in [7, 11) is 0. The molecule has 1 unspecified atom stereocenters. The summed E-state index contributed by atoms with van der Waals surface area (Å²) in [6.07, 6.45) is -3.55. The Kier molecular flexibility index (Phi) is 4.27. The average Bonchev–Trinajstić information content (AvgIpc) is 2.30. The SMILES string of the molecule is FC(F)(F)C1CCN(CC2COCCN2)CC1. The molecule has 2 saturated heterocycles. The maximum Gasteiger partial charge on any atom is 0.391 e. The van der Waals surface area contributed by atoms with Gasteiger partial charge in [0.25, 0.3) is 0 Å². The number of hydrogen-bond donors (Lipinski definition) is 1. The van der Waals surface area contributed by atoms with Gasteiger partial charge in [0.2, 0.25) is 0 Å². The van der Waals surface area contributed by atoms with Crippen LogP contribution in [0, 0.1) is 5.92 Å². The molecule has 0 aromatic rings. The second-order valence-electron chi connectivity index (χ2n) is 4.84. The lowest BCUT2D eigenvalue weighted by molar-refractivity contribution is -0.185. The molecule has 17 heavy (non-hydrogen) atoms. The van der Waals surface area contributed by atoms with E-state index in [2.05, 4.69) is 10.2 Å². The van der Waals surface area contributed by atoms with Crippen LogP contribution < -0.4 is 5.32 Å². The van der Waals surface area contributed by atoms with Gasteiger partial charge in [0.15, 0.2) is 0 Å². The third-order valence-corrected chi connectivity index (χ3v) is 3.53. The van der Waals surface area contributed by atoms with Crippen molar-refractivity contribution >= 4 is 0 Å². The molecular weight excluding hydrogens is 233 g/mol. The minimum absolute atomic E-state index is 0.233. The summed E-state index contributed by atoms with van der Waals surface area (Å²) in [5, 5.41) is 3.32. The molecular formula is C11H19F3N2O. The van der Waals surface area contributed by atoms with Crippen molar-refractivity contribution in [3.63, 3.8) is 0 Å². The molecule has 1 N–H and O–H groups in total. The van der Waals surface area contributed by atoms with E-state index >= 15 is 0 Å². The molecule has 6 heteroatoms. The van der Waals surface area contributed by atoms with E-state index in [0.717, 1.165) is 19.7 Å². The fourth-order valence-corrected chi connectivity index (χ4v) is 2.49. The average molecular weight is 252 g/mol. The van der Waals surface area contributed by atoms with Crippen molar-refractivity contribution in [1.29, 1.82) is 0 Å². The van der Waals surface area contributed by atoms with Gasteiger partial charge >= 0.3 is 6.18 Å². The lowest BCUT2D eigenvalue weighted by Crippen LogP contribution is -2.50. The zero-order chi connectivity index (χ0) is 12.3. The van der Waals surface area contributed by atoms with Crippen molar-refractivity contribution in [2.24, 2.45) is 5.92 Å². The van der Waals surface area contributed by atoms with E-state index < -0.39 is 12.1 Å². The molecule has 0 aromatic carbocycles. The van der Waals surface area contributed by atoms with Crippen molar-refractivity contribution in [3.8, 4) is 0 Å². The first kappa shape index (κ1) is 13.1. The van der Waals surface area contributed by atoms with Gasteiger partial charge in [-0.05, 0) is 25.9 Å². The van der Waals surface area contributed by atoms with Crippen molar-refractivity contribution in [3.05, 3.63) is 0 Å². The minimum atomic E-state index is -4.02. The molecule has 2 heterocycles. The predicted octanol–water partition coefficient (Wildman–Crippen LogP) is 1.25. The molecule has 1 atom stereocenters. The van der Waals surface area contributed by atoms with Crippen molar-refractivity contribution in [2.75, 3.05) is 39.4 Å². The van der Waals surface area contributed by atoms with E-state index in [1.807, 2.05) is 0 Å². The fraction of sp³-hybridized carbons (Fsp3) is 1.00. The highest BCUT2D eigenvalue weighted by molar-refractivity contribution is 4.81. The largest absolute Gasteiger partial charge is 0.391 e. The van der Waals surface area contributed by atoms with Gasteiger partial charge in [-0.25, -0.2) is 0 Å². The Morgan fingerprint density at radius 1 is 1.24 bits per heavy atom. The Balaban J connectivity index is 1.71. The van der Waals surface area contributed by atoms with Crippen LogP contribution in [0.3, 0.4) is 0 Å². The van der Waals surface area contributed by atoms with Crippen molar-refractivity contribution in [2.45, 2.75) is 25.1 Å². The van der Waals surface area contributed by atoms with Gasteiger partial charge in [-0.15, -0.1) is 0 Å². The fourth-order valence-electron chi connectivity index (χ4n) is 2.49. The Labute approximate surface area is 99.3 Å². The molecule has 0 radical (unpaired) electrons. The monoisotopic (exact) mass is 252 g/mol. The van der Waals surface area contributed by atoms with Gasteiger partial charge < -0.3 is 15.0 Å². The topological polar surface area (TPSA) is 24.5 Å². The number of likely N-dealkylation sites (tertiary alicyclic amines) is 1. The third-order valence-electron chi connectivity index (χ3n) is 3.53. The molecule has 2 rings (SSSR count). The second-order valence-corrected chi connectivity index (χ2v) is 4.84. The summed E-state index contributed by atoms with van der Waals surface area (Å²) in [6.45, 7) is 4.12. The Hall–Kier alpha value is -0.330. The van der Waals surface area contributed by atoms with Gasteiger partial charge in [0, 0.05) is 19.1 Å².